The first-order valence-electron chi connectivity index (χ1n) is 10.0. The molecule has 5 nitrogen and oxygen atoms in total. The third-order valence-corrected chi connectivity index (χ3v) is 5.35. The Kier molecular flexibility index (Phi) is 6.17. The lowest BCUT2D eigenvalue weighted by atomic mass is 10.1. The lowest BCUT2D eigenvalue weighted by Gasteiger charge is -2.23. The summed E-state index contributed by atoms with van der Waals surface area (Å²) in [4.78, 5) is 18.1. The number of benzene rings is 3. The third kappa shape index (κ3) is 4.76. The van der Waals surface area contributed by atoms with E-state index in [1.807, 2.05) is 69.3 Å². The zero-order valence-electron chi connectivity index (χ0n) is 17.8. The molecule has 0 fully saturated rings. The highest BCUT2D eigenvalue weighted by Crippen LogP contribution is 2.34. The largest absolute Gasteiger partial charge is 0.486 e. The number of para-hydroxylation sites is 1. The summed E-state index contributed by atoms with van der Waals surface area (Å²) in [5, 5.41) is 5.54. The van der Waals surface area contributed by atoms with Gasteiger partial charge in [-0.25, -0.2) is 4.98 Å². The normalized spacial score (nSPS) is 11.9. The minimum atomic E-state index is -0.435. The number of hydrogen-bond donors (Lipinski definition) is 0. The van der Waals surface area contributed by atoms with E-state index < -0.39 is 5.60 Å². The predicted octanol–water partition coefficient (Wildman–Crippen LogP) is 6.54. The average Bonchev–Trinajstić information content (AvgIpc) is 2.75. The molecule has 0 aliphatic carbocycles. The maximum absolute atomic E-state index is 13.3. The lowest BCUT2D eigenvalue weighted by Crippen LogP contribution is -2.24. The second-order valence-corrected chi connectivity index (χ2v) is 9.49. The summed E-state index contributed by atoms with van der Waals surface area (Å²) >= 11 is 9.81. The van der Waals surface area contributed by atoms with Gasteiger partial charge in [-0.2, -0.15) is 9.78 Å². The fourth-order valence-electron chi connectivity index (χ4n) is 3.21. The molecule has 1 heterocycles. The highest BCUT2D eigenvalue weighted by Gasteiger charge is 2.18. The van der Waals surface area contributed by atoms with Crippen molar-refractivity contribution < 1.29 is 4.74 Å². The SMILES string of the molecule is CC(C)(C)Oc1c(Br)cc(Cl)cc1C=Nn1c(-c2ccccc2)nc2ccccc2c1=O. The molecule has 0 spiro atoms. The molecule has 0 radical (unpaired) electrons. The van der Waals surface area contributed by atoms with Gasteiger partial charge in [0.2, 0.25) is 0 Å². The molecule has 0 amide bonds. The summed E-state index contributed by atoms with van der Waals surface area (Å²) in [6, 6.07) is 20.2. The summed E-state index contributed by atoms with van der Waals surface area (Å²) < 4.78 is 8.14. The average molecular weight is 511 g/mol. The van der Waals surface area contributed by atoms with Crippen LogP contribution < -0.4 is 10.3 Å². The quantitative estimate of drug-likeness (QED) is 0.293. The first-order valence-corrected chi connectivity index (χ1v) is 11.2. The Bertz CT molecular complexity index is 1380. The van der Waals surface area contributed by atoms with Crippen molar-refractivity contribution in [2.45, 2.75) is 26.4 Å². The van der Waals surface area contributed by atoms with E-state index in [1.165, 1.54) is 4.68 Å². The zero-order valence-corrected chi connectivity index (χ0v) is 20.2. The van der Waals surface area contributed by atoms with E-state index >= 15 is 0 Å². The van der Waals surface area contributed by atoms with E-state index in [1.54, 1.807) is 24.4 Å². The van der Waals surface area contributed by atoms with Gasteiger partial charge in [0.1, 0.15) is 11.4 Å². The van der Waals surface area contributed by atoms with Gasteiger partial charge >= 0.3 is 0 Å². The van der Waals surface area contributed by atoms with Crippen LogP contribution in [0.15, 0.2) is 81.1 Å². The monoisotopic (exact) mass is 509 g/mol. The van der Waals surface area contributed by atoms with Gasteiger partial charge in [0.05, 0.1) is 21.6 Å². The second-order valence-electron chi connectivity index (χ2n) is 8.20. The number of rotatable bonds is 4. The molecule has 0 bridgehead atoms. The Morgan fingerprint density at radius 3 is 2.47 bits per heavy atom. The van der Waals surface area contributed by atoms with Crippen molar-refractivity contribution in [3.63, 3.8) is 0 Å². The molecule has 1 aromatic heterocycles. The Balaban J connectivity index is 1.92. The second kappa shape index (κ2) is 8.88. The zero-order chi connectivity index (χ0) is 22.9. The van der Waals surface area contributed by atoms with Crippen LogP contribution in [0.25, 0.3) is 22.3 Å². The molecule has 4 rings (SSSR count). The molecule has 3 aromatic carbocycles. The van der Waals surface area contributed by atoms with Crippen LogP contribution in [-0.2, 0) is 0 Å². The summed E-state index contributed by atoms with van der Waals surface area (Å²) in [7, 11) is 0. The molecule has 32 heavy (non-hydrogen) atoms. The molecule has 0 N–H and O–H groups in total. The van der Waals surface area contributed by atoms with Crippen LogP contribution in [0, 0.1) is 0 Å². The highest BCUT2D eigenvalue weighted by molar-refractivity contribution is 9.10. The van der Waals surface area contributed by atoms with E-state index in [9.17, 15) is 4.79 Å². The van der Waals surface area contributed by atoms with E-state index in [0.717, 1.165) is 5.56 Å². The van der Waals surface area contributed by atoms with Gasteiger partial charge < -0.3 is 4.74 Å². The van der Waals surface area contributed by atoms with Gasteiger partial charge in [0, 0.05) is 16.1 Å². The predicted molar refractivity (Wildman–Crippen MR) is 134 cm³/mol. The van der Waals surface area contributed by atoms with Crippen molar-refractivity contribution in [2.75, 3.05) is 0 Å². The number of ether oxygens (including phenoxy) is 1. The number of halogens is 2. The van der Waals surface area contributed by atoms with Crippen LogP contribution in [-0.4, -0.2) is 21.5 Å². The Morgan fingerprint density at radius 1 is 1.06 bits per heavy atom. The molecule has 4 aromatic rings. The first-order chi connectivity index (χ1) is 15.2. The molecule has 0 aliphatic rings. The summed E-state index contributed by atoms with van der Waals surface area (Å²) in [5.74, 6) is 1.04. The molecule has 0 unspecified atom stereocenters. The van der Waals surface area contributed by atoms with Gasteiger partial charge in [-0.1, -0.05) is 54.1 Å². The van der Waals surface area contributed by atoms with E-state index in [-0.39, 0.29) is 5.56 Å². The van der Waals surface area contributed by atoms with Crippen LogP contribution in [0.5, 0.6) is 5.75 Å². The van der Waals surface area contributed by atoms with Crippen LogP contribution >= 0.6 is 27.5 Å². The summed E-state index contributed by atoms with van der Waals surface area (Å²) in [6.07, 6.45) is 1.57. The van der Waals surface area contributed by atoms with Crippen LogP contribution in [0.4, 0.5) is 0 Å². The third-order valence-electron chi connectivity index (χ3n) is 4.54. The minimum Gasteiger partial charge on any atom is -0.486 e. The topological polar surface area (TPSA) is 56.5 Å². The smallest absolute Gasteiger partial charge is 0.282 e. The fraction of sp³-hybridized carbons (Fsp3) is 0.160. The number of fused-ring (bicyclic) bond motifs is 1. The van der Waals surface area contributed by atoms with Gasteiger partial charge in [-0.05, 0) is 61.0 Å². The van der Waals surface area contributed by atoms with Crippen molar-refractivity contribution >= 4 is 44.6 Å². The first kappa shape index (κ1) is 22.2. The summed E-state index contributed by atoms with van der Waals surface area (Å²) in [6.45, 7) is 5.88. The number of nitrogens with zero attached hydrogens (tertiary/aromatic N) is 3. The number of aromatic nitrogens is 2. The molecule has 7 heteroatoms. The van der Waals surface area contributed by atoms with Gasteiger partial charge in [-0.3, -0.25) is 4.79 Å². The van der Waals surface area contributed by atoms with Crippen molar-refractivity contribution in [3.05, 3.63) is 92.1 Å². The molecular weight excluding hydrogens is 490 g/mol. The minimum absolute atomic E-state index is 0.259. The van der Waals surface area contributed by atoms with Gasteiger partial charge in [0.15, 0.2) is 5.82 Å². The maximum Gasteiger partial charge on any atom is 0.282 e. The van der Waals surface area contributed by atoms with E-state index in [0.29, 0.717) is 37.5 Å². The van der Waals surface area contributed by atoms with E-state index in [2.05, 4.69) is 21.0 Å². The Morgan fingerprint density at radius 2 is 1.75 bits per heavy atom. The van der Waals surface area contributed by atoms with Crippen LogP contribution in [0.1, 0.15) is 26.3 Å². The molecule has 0 aliphatic heterocycles. The van der Waals surface area contributed by atoms with Crippen LogP contribution in [0.2, 0.25) is 5.02 Å². The molecule has 0 atom stereocenters. The molecule has 0 saturated carbocycles. The Labute approximate surface area is 199 Å². The van der Waals surface area contributed by atoms with E-state index in [4.69, 9.17) is 21.3 Å². The van der Waals surface area contributed by atoms with Crippen molar-refractivity contribution in [1.29, 1.82) is 0 Å². The maximum atomic E-state index is 13.3. The van der Waals surface area contributed by atoms with Crippen molar-refractivity contribution in [2.24, 2.45) is 5.10 Å². The molecular formula is C25H21BrClN3O2. The lowest BCUT2D eigenvalue weighted by molar-refractivity contribution is 0.129. The fourth-order valence-corrected chi connectivity index (χ4v) is 4.13. The molecule has 162 valence electrons. The van der Waals surface area contributed by atoms with Gasteiger partial charge in [-0.15, -0.1) is 0 Å². The molecule has 0 saturated heterocycles. The summed E-state index contributed by atoms with van der Waals surface area (Å²) in [5.41, 5.74) is 1.34. The number of hydrogen-bond acceptors (Lipinski definition) is 4. The standard InChI is InChI=1S/C25H21BrClN3O2/c1-25(2,3)32-22-17(13-18(27)14-20(22)26)15-28-30-23(16-9-5-4-6-10-16)29-21-12-8-7-11-19(21)24(30)31/h4-15H,1-3H3. The van der Waals surface area contributed by atoms with Gasteiger partial charge in [0.25, 0.3) is 5.56 Å². The highest BCUT2D eigenvalue weighted by atomic mass is 79.9. The Hall–Kier alpha value is -2.96. The van der Waals surface area contributed by atoms with Crippen LogP contribution in [0.3, 0.4) is 0 Å². The van der Waals surface area contributed by atoms with Crippen molar-refractivity contribution in [3.8, 4) is 17.1 Å². The van der Waals surface area contributed by atoms with Crippen molar-refractivity contribution in [1.82, 2.24) is 9.66 Å².